The maximum absolute atomic E-state index is 11.8. The number of rotatable bonds is 7. The molecule has 1 heterocycles. The summed E-state index contributed by atoms with van der Waals surface area (Å²) in [5, 5.41) is 7.47. The summed E-state index contributed by atoms with van der Waals surface area (Å²) >= 11 is 0. The van der Waals surface area contributed by atoms with E-state index < -0.39 is 17.7 Å². The topological polar surface area (TPSA) is 126 Å². The molecule has 8 nitrogen and oxygen atoms in total. The summed E-state index contributed by atoms with van der Waals surface area (Å²) in [5.41, 5.74) is 8.18. The number of nitrogens with zero attached hydrogens (tertiary/aromatic N) is 1. The Kier molecular flexibility index (Phi) is 7.30. The van der Waals surface area contributed by atoms with Crippen LogP contribution in [0, 0.1) is 6.92 Å². The van der Waals surface area contributed by atoms with Crippen molar-refractivity contribution in [2.75, 3.05) is 18.8 Å². The summed E-state index contributed by atoms with van der Waals surface area (Å²) in [6.07, 6.45) is 0.620. The average Bonchev–Trinajstić information content (AvgIpc) is 2.66. The van der Waals surface area contributed by atoms with Gasteiger partial charge in [-0.1, -0.05) is 36.4 Å². The second-order valence-electron chi connectivity index (χ2n) is 5.93. The van der Waals surface area contributed by atoms with Gasteiger partial charge in [0.25, 0.3) is 0 Å². The van der Waals surface area contributed by atoms with Crippen LogP contribution in [-0.2, 0) is 27.3 Å². The molecule has 2 rings (SSSR count). The molecular formula is C19H23N5O3. The number of nitrogen functional groups attached to an aromatic ring is 1. The second kappa shape index (κ2) is 9.91. The van der Waals surface area contributed by atoms with Crippen molar-refractivity contribution in [2.45, 2.75) is 19.9 Å². The predicted octanol–water partition coefficient (Wildman–Crippen LogP) is 0.0635. The Labute approximate surface area is 157 Å². The molecular weight excluding hydrogens is 346 g/mol. The molecule has 3 amide bonds. The van der Waals surface area contributed by atoms with Gasteiger partial charge in [-0.25, -0.2) is 4.98 Å². The van der Waals surface area contributed by atoms with Crippen molar-refractivity contribution in [1.82, 2.24) is 20.9 Å². The lowest BCUT2D eigenvalue weighted by molar-refractivity contribution is -0.139. The van der Waals surface area contributed by atoms with E-state index in [0.29, 0.717) is 18.8 Å². The van der Waals surface area contributed by atoms with E-state index in [1.807, 2.05) is 30.3 Å². The number of hydrogen-bond acceptors (Lipinski definition) is 5. The van der Waals surface area contributed by atoms with Crippen molar-refractivity contribution in [1.29, 1.82) is 0 Å². The fraction of sp³-hybridized carbons (Fsp3) is 0.263. The minimum atomic E-state index is -0.844. The number of hydrogen-bond donors (Lipinski definition) is 4. The van der Waals surface area contributed by atoms with Gasteiger partial charge in [-0.2, -0.15) is 0 Å². The minimum Gasteiger partial charge on any atom is -0.384 e. The van der Waals surface area contributed by atoms with Crippen molar-refractivity contribution in [3.63, 3.8) is 0 Å². The molecule has 8 heteroatoms. The molecule has 0 bridgehead atoms. The van der Waals surface area contributed by atoms with Crippen molar-refractivity contribution in [2.24, 2.45) is 0 Å². The lowest BCUT2D eigenvalue weighted by Gasteiger charge is -2.09. The molecule has 0 spiro atoms. The number of carbonyl (C=O) groups excluding carboxylic acids is 3. The molecule has 2 aromatic rings. The van der Waals surface area contributed by atoms with E-state index in [4.69, 9.17) is 5.73 Å². The van der Waals surface area contributed by atoms with Gasteiger partial charge in [0, 0.05) is 18.8 Å². The van der Waals surface area contributed by atoms with E-state index in [9.17, 15) is 14.4 Å². The first kappa shape index (κ1) is 19.9. The molecule has 5 N–H and O–H groups in total. The molecule has 0 unspecified atom stereocenters. The average molecular weight is 369 g/mol. The molecule has 0 aliphatic carbocycles. The number of anilines is 1. The SMILES string of the molecule is Cc1nc(N)ccc1CNC(=O)CNC(=O)C(=O)NCCc1ccccc1. The number of aromatic nitrogens is 1. The number of nitrogens with one attached hydrogen (secondary N) is 3. The van der Waals surface area contributed by atoms with Crippen molar-refractivity contribution >= 4 is 23.5 Å². The fourth-order valence-electron chi connectivity index (χ4n) is 2.34. The largest absolute Gasteiger partial charge is 0.384 e. The maximum Gasteiger partial charge on any atom is 0.309 e. The van der Waals surface area contributed by atoms with E-state index in [-0.39, 0.29) is 13.1 Å². The fourth-order valence-corrected chi connectivity index (χ4v) is 2.34. The molecule has 142 valence electrons. The summed E-state index contributed by atoms with van der Waals surface area (Å²) in [5.74, 6) is -1.61. The van der Waals surface area contributed by atoms with Crippen LogP contribution in [0.4, 0.5) is 5.82 Å². The first-order valence-electron chi connectivity index (χ1n) is 8.54. The number of aryl methyl sites for hydroxylation is 1. The van der Waals surface area contributed by atoms with E-state index in [0.717, 1.165) is 16.8 Å². The van der Waals surface area contributed by atoms with Gasteiger partial charge in [0.1, 0.15) is 5.82 Å². The maximum atomic E-state index is 11.8. The molecule has 1 aromatic heterocycles. The van der Waals surface area contributed by atoms with Gasteiger partial charge in [-0.15, -0.1) is 0 Å². The monoisotopic (exact) mass is 369 g/mol. The Bertz CT molecular complexity index is 808. The zero-order chi connectivity index (χ0) is 19.6. The third kappa shape index (κ3) is 6.77. The number of carbonyl (C=O) groups is 3. The molecule has 0 atom stereocenters. The molecule has 0 aliphatic heterocycles. The van der Waals surface area contributed by atoms with Gasteiger partial charge in [0.05, 0.1) is 6.54 Å². The summed E-state index contributed by atoms with van der Waals surface area (Å²) in [6.45, 7) is 2.11. The van der Waals surface area contributed by atoms with Gasteiger partial charge in [0.15, 0.2) is 0 Å². The third-order valence-corrected chi connectivity index (χ3v) is 3.85. The van der Waals surface area contributed by atoms with Crippen LogP contribution in [0.5, 0.6) is 0 Å². The van der Waals surface area contributed by atoms with Crippen molar-refractivity contribution in [3.05, 3.63) is 59.3 Å². The number of benzene rings is 1. The third-order valence-electron chi connectivity index (χ3n) is 3.85. The van der Waals surface area contributed by atoms with E-state index in [2.05, 4.69) is 20.9 Å². The zero-order valence-electron chi connectivity index (χ0n) is 15.1. The Morgan fingerprint density at radius 1 is 0.963 bits per heavy atom. The highest BCUT2D eigenvalue weighted by Gasteiger charge is 2.14. The van der Waals surface area contributed by atoms with E-state index in [1.165, 1.54) is 0 Å². The summed E-state index contributed by atoms with van der Waals surface area (Å²) in [7, 11) is 0. The van der Waals surface area contributed by atoms with Crippen molar-refractivity contribution < 1.29 is 14.4 Å². The second-order valence-corrected chi connectivity index (χ2v) is 5.93. The lowest BCUT2D eigenvalue weighted by atomic mass is 10.1. The molecule has 0 radical (unpaired) electrons. The minimum absolute atomic E-state index is 0.261. The summed E-state index contributed by atoms with van der Waals surface area (Å²) in [6, 6.07) is 13.0. The zero-order valence-corrected chi connectivity index (χ0v) is 15.1. The van der Waals surface area contributed by atoms with Crippen LogP contribution < -0.4 is 21.7 Å². The smallest absolute Gasteiger partial charge is 0.309 e. The molecule has 0 aliphatic rings. The predicted molar refractivity (Wildman–Crippen MR) is 101 cm³/mol. The van der Waals surface area contributed by atoms with Crippen LogP contribution in [0.3, 0.4) is 0 Å². The van der Waals surface area contributed by atoms with Gasteiger partial charge in [0.2, 0.25) is 5.91 Å². The standard InChI is InChI=1S/C19H23N5O3/c1-13-15(7-8-16(20)24-13)11-22-17(25)12-23-19(27)18(26)21-10-9-14-5-3-2-4-6-14/h2-8H,9-12H2,1H3,(H2,20,24)(H,21,26)(H,22,25)(H,23,27). The van der Waals surface area contributed by atoms with Gasteiger partial charge in [-0.3, -0.25) is 14.4 Å². The Balaban J connectivity index is 1.66. The van der Waals surface area contributed by atoms with Gasteiger partial charge >= 0.3 is 11.8 Å². The first-order valence-corrected chi connectivity index (χ1v) is 8.54. The molecule has 0 saturated carbocycles. The quantitative estimate of drug-likeness (QED) is 0.514. The van der Waals surface area contributed by atoms with Crippen molar-refractivity contribution in [3.8, 4) is 0 Å². The van der Waals surface area contributed by atoms with Crippen LogP contribution in [0.25, 0.3) is 0 Å². The van der Waals surface area contributed by atoms with Crippen LogP contribution in [0.15, 0.2) is 42.5 Å². The first-order chi connectivity index (χ1) is 13.0. The highest BCUT2D eigenvalue weighted by molar-refractivity contribution is 6.35. The molecule has 1 aromatic carbocycles. The van der Waals surface area contributed by atoms with Gasteiger partial charge < -0.3 is 21.7 Å². The highest BCUT2D eigenvalue weighted by atomic mass is 16.2. The number of pyridine rings is 1. The molecule has 27 heavy (non-hydrogen) atoms. The Morgan fingerprint density at radius 2 is 1.67 bits per heavy atom. The van der Waals surface area contributed by atoms with E-state index in [1.54, 1.807) is 19.1 Å². The Morgan fingerprint density at radius 3 is 2.37 bits per heavy atom. The van der Waals surface area contributed by atoms with Crippen LogP contribution in [0.2, 0.25) is 0 Å². The molecule has 0 fully saturated rings. The number of nitrogens with two attached hydrogens (primary N) is 1. The lowest BCUT2D eigenvalue weighted by Crippen LogP contribution is -2.44. The van der Waals surface area contributed by atoms with Crippen LogP contribution in [-0.4, -0.2) is 35.8 Å². The van der Waals surface area contributed by atoms with E-state index >= 15 is 0 Å². The Hall–Kier alpha value is -3.42. The molecule has 0 saturated heterocycles. The summed E-state index contributed by atoms with van der Waals surface area (Å²) in [4.78, 5) is 39.4. The normalized spacial score (nSPS) is 10.1. The van der Waals surface area contributed by atoms with Gasteiger partial charge in [-0.05, 0) is 30.5 Å². The summed E-state index contributed by atoms with van der Waals surface area (Å²) < 4.78 is 0. The highest BCUT2D eigenvalue weighted by Crippen LogP contribution is 2.07. The van der Waals surface area contributed by atoms with Crippen LogP contribution >= 0.6 is 0 Å². The number of amides is 3. The van der Waals surface area contributed by atoms with Crippen LogP contribution in [0.1, 0.15) is 16.8 Å².